The van der Waals surface area contributed by atoms with E-state index in [0.29, 0.717) is 34.8 Å². The predicted molar refractivity (Wildman–Crippen MR) is 200 cm³/mol. The highest BCUT2D eigenvalue weighted by Gasteiger charge is 2.31. The molecule has 0 spiro atoms. The molecule has 0 bridgehead atoms. The Morgan fingerprint density at radius 3 is 2.47 bits per heavy atom. The highest BCUT2D eigenvalue weighted by molar-refractivity contribution is 6.04. The Morgan fingerprint density at radius 2 is 1.71 bits per heavy atom. The molecule has 1 fully saturated rings. The minimum Gasteiger partial charge on any atom is -0.493 e. The average molecular weight is 756 g/mol. The van der Waals surface area contributed by atoms with Crippen LogP contribution in [0.3, 0.4) is 0 Å². The lowest BCUT2D eigenvalue weighted by atomic mass is 9.99. The Kier molecular flexibility index (Phi) is 10.7. The minimum absolute atomic E-state index is 0.0180. The Hall–Kier alpha value is -6.02. The van der Waals surface area contributed by atoms with Crippen LogP contribution in [0.5, 0.6) is 23.0 Å². The van der Waals surface area contributed by atoms with Crippen LogP contribution in [0.2, 0.25) is 0 Å². The number of anilines is 1. The lowest BCUT2D eigenvalue weighted by Crippen LogP contribution is -2.34. The highest BCUT2D eigenvalue weighted by atomic mass is 19.4. The number of likely N-dealkylation sites (tertiary alicyclic amines) is 1. The molecule has 1 aliphatic heterocycles. The summed E-state index contributed by atoms with van der Waals surface area (Å²) in [6.45, 7) is 5.95. The van der Waals surface area contributed by atoms with Crippen molar-refractivity contribution < 1.29 is 36.6 Å². The van der Waals surface area contributed by atoms with Crippen LogP contribution in [0.4, 0.5) is 23.2 Å². The van der Waals surface area contributed by atoms with Gasteiger partial charge in [-0.05, 0) is 92.9 Å². The second-order valence-corrected chi connectivity index (χ2v) is 13.4. The van der Waals surface area contributed by atoms with Gasteiger partial charge in [-0.1, -0.05) is 25.1 Å². The van der Waals surface area contributed by atoms with Gasteiger partial charge in [0.15, 0.2) is 28.8 Å². The molecule has 0 unspecified atom stereocenters. The summed E-state index contributed by atoms with van der Waals surface area (Å²) in [6, 6.07) is 19.2. The fourth-order valence-corrected chi connectivity index (χ4v) is 6.55. The number of pyridine rings is 1. The fraction of sp³-hybridized carbons (Fsp3) is 0.268. The highest BCUT2D eigenvalue weighted by Crippen LogP contribution is 2.38. The molecule has 7 rings (SSSR count). The van der Waals surface area contributed by atoms with Gasteiger partial charge in [0.2, 0.25) is 5.43 Å². The Morgan fingerprint density at radius 1 is 0.909 bits per heavy atom. The van der Waals surface area contributed by atoms with Gasteiger partial charge in [-0.25, -0.2) is 9.07 Å². The largest absolute Gasteiger partial charge is 0.493 e. The van der Waals surface area contributed by atoms with Crippen molar-refractivity contribution in [1.29, 1.82) is 0 Å². The van der Waals surface area contributed by atoms with Gasteiger partial charge in [-0.2, -0.15) is 18.3 Å². The molecular weight excluding hydrogens is 718 g/mol. The van der Waals surface area contributed by atoms with E-state index in [9.17, 15) is 22.8 Å². The van der Waals surface area contributed by atoms with Gasteiger partial charge in [0.05, 0.1) is 41.4 Å². The summed E-state index contributed by atoms with van der Waals surface area (Å²) in [5.74, 6) is 0.0790. The molecule has 0 saturated carbocycles. The van der Waals surface area contributed by atoms with Crippen molar-refractivity contribution in [3.05, 3.63) is 118 Å². The lowest BCUT2D eigenvalue weighted by Gasteiger charge is -2.30. The zero-order valence-corrected chi connectivity index (χ0v) is 30.0. The van der Waals surface area contributed by atoms with Crippen LogP contribution in [0.15, 0.2) is 95.9 Å². The summed E-state index contributed by atoms with van der Waals surface area (Å²) in [5, 5.41) is 7.23. The van der Waals surface area contributed by atoms with E-state index < -0.39 is 34.6 Å². The number of aromatic nitrogens is 3. The van der Waals surface area contributed by atoms with Gasteiger partial charge in [0.25, 0.3) is 5.91 Å². The van der Waals surface area contributed by atoms with Crippen molar-refractivity contribution in [2.24, 2.45) is 5.92 Å². The molecule has 1 amide bonds. The Labute approximate surface area is 313 Å². The van der Waals surface area contributed by atoms with E-state index in [1.165, 1.54) is 62.5 Å². The fourth-order valence-electron chi connectivity index (χ4n) is 6.55. The number of rotatable bonds is 11. The topological polar surface area (TPSA) is 108 Å². The van der Waals surface area contributed by atoms with Crippen molar-refractivity contribution in [3.8, 4) is 28.7 Å². The second-order valence-electron chi connectivity index (χ2n) is 13.4. The SMILES string of the molecule is COc1cc2c(Oc3ccc(NC(=O)c4nn(-c5cccc(C(F)(F)F)c5)c5ccccc5c4=O)cc3F)ccnc2cc1OCCCN1CCC(C)CC1. The van der Waals surface area contributed by atoms with Crippen molar-refractivity contribution in [2.45, 2.75) is 32.4 Å². The molecule has 55 heavy (non-hydrogen) atoms. The lowest BCUT2D eigenvalue weighted by molar-refractivity contribution is -0.137. The summed E-state index contributed by atoms with van der Waals surface area (Å²) >= 11 is 0. The number of fused-ring (bicyclic) bond motifs is 2. The van der Waals surface area contributed by atoms with Crippen LogP contribution in [-0.4, -0.2) is 58.9 Å². The molecule has 0 aliphatic carbocycles. The van der Waals surface area contributed by atoms with Crippen molar-refractivity contribution in [1.82, 2.24) is 19.7 Å². The first-order chi connectivity index (χ1) is 26.5. The molecule has 1 N–H and O–H groups in total. The molecule has 0 radical (unpaired) electrons. The van der Waals surface area contributed by atoms with E-state index in [4.69, 9.17) is 14.2 Å². The van der Waals surface area contributed by atoms with E-state index in [2.05, 4.69) is 27.2 Å². The third-order valence-electron chi connectivity index (χ3n) is 9.57. The standard InChI is InChI=1S/C41H37F4N5O5/c1-25-14-18-49(19-15-25)17-6-20-54-37-24-32-30(23-36(37)53-2)34(13-16-46-32)55-35-12-11-27(22-31(35)42)47-40(52)38-39(51)29-9-3-4-10-33(29)50(48-38)28-8-5-7-26(21-28)41(43,44)45/h3-5,7-13,16,21-25H,6,14-15,17-20H2,1-2H3,(H,47,52). The van der Waals surface area contributed by atoms with Crippen molar-refractivity contribution in [3.63, 3.8) is 0 Å². The van der Waals surface area contributed by atoms with Crippen LogP contribution < -0.4 is 25.0 Å². The molecular formula is C41H37F4N5O5. The number of hydrogen-bond acceptors (Lipinski definition) is 8. The zero-order valence-electron chi connectivity index (χ0n) is 30.0. The number of alkyl halides is 3. The molecule has 3 heterocycles. The number of halogens is 4. The first kappa shape index (κ1) is 37.3. The Balaban J connectivity index is 1.08. The van der Waals surface area contributed by atoms with Gasteiger partial charge < -0.3 is 24.4 Å². The van der Waals surface area contributed by atoms with Gasteiger partial charge >= 0.3 is 6.18 Å². The third-order valence-corrected chi connectivity index (χ3v) is 9.57. The number of hydrogen-bond donors (Lipinski definition) is 1. The zero-order chi connectivity index (χ0) is 38.7. The monoisotopic (exact) mass is 755 g/mol. The maximum atomic E-state index is 15.5. The molecule has 10 nitrogen and oxygen atoms in total. The first-order valence-electron chi connectivity index (χ1n) is 17.8. The van der Waals surface area contributed by atoms with Crippen LogP contribution in [-0.2, 0) is 6.18 Å². The first-order valence-corrected chi connectivity index (χ1v) is 17.8. The summed E-state index contributed by atoms with van der Waals surface area (Å²) in [6.07, 6.45) is 0.181. The quantitative estimate of drug-likeness (QED) is 0.104. The van der Waals surface area contributed by atoms with Crippen LogP contribution in [0, 0.1) is 11.7 Å². The number of benzene rings is 4. The van der Waals surface area contributed by atoms with Crippen LogP contribution in [0.25, 0.3) is 27.5 Å². The molecule has 0 atom stereocenters. The van der Waals surface area contributed by atoms with E-state index in [1.54, 1.807) is 30.3 Å². The van der Waals surface area contributed by atoms with Crippen LogP contribution in [0.1, 0.15) is 42.2 Å². The smallest absolute Gasteiger partial charge is 0.416 e. The number of para-hydroxylation sites is 1. The van der Waals surface area contributed by atoms with E-state index in [1.807, 2.05) is 0 Å². The maximum absolute atomic E-state index is 15.5. The van der Waals surface area contributed by atoms with E-state index in [-0.39, 0.29) is 28.0 Å². The predicted octanol–water partition coefficient (Wildman–Crippen LogP) is 8.65. The normalized spacial score (nSPS) is 13.9. The van der Waals surface area contributed by atoms with E-state index in [0.717, 1.165) is 54.9 Å². The minimum atomic E-state index is -4.63. The second kappa shape index (κ2) is 15.8. The third kappa shape index (κ3) is 8.24. The number of methoxy groups -OCH3 is 1. The van der Waals surface area contributed by atoms with Gasteiger partial charge in [0.1, 0.15) is 5.75 Å². The van der Waals surface area contributed by atoms with Gasteiger partial charge in [-0.15, -0.1) is 0 Å². The van der Waals surface area contributed by atoms with E-state index >= 15 is 4.39 Å². The average Bonchev–Trinajstić information content (AvgIpc) is 3.18. The van der Waals surface area contributed by atoms with Crippen LogP contribution >= 0.6 is 0 Å². The number of ether oxygens (including phenoxy) is 3. The number of piperidine rings is 1. The van der Waals surface area contributed by atoms with Gasteiger partial charge in [0, 0.05) is 35.9 Å². The number of amides is 1. The number of carbonyl (C=O) groups is 1. The maximum Gasteiger partial charge on any atom is 0.416 e. The molecule has 1 saturated heterocycles. The summed E-state index contributed by atoms with van der Waals surface area (Å²) in [7, 11) is 1.53. The summed E-state index contributed by atoms with van der Waals surface area (Å²) in [4.78, 5) is 33.7. The molecule has 4 aromatic carbocycles. The number of nitrogens with one attached hydrogen (secondary N) is 1. The molecule has 6 aromatic rings. The van der Waals surface area contributed by atoms with Crippen molar-refractivity contribution in [2.75, 3.05) is 38.7 Å². The number of carbonyl (C=O) groups excluding carboxylic acids is 1. The molecule has 1 aliphatic rings. The summed E-state index contributed by atoms with van der Waals surface area (Å²) < 4.78 is 74.8. The molecule has 14 heteroatoms. The molecule has 2 aromatic heterocycles. The Bertz CT molecular complexity index is 2430. The molecule has 284 valence electrons. The van der Waals surface area contributed by atoms with Crippen molar-refractivity contribution >= 4 is 33.4 Å². The van der Waals surface area contributed by atoms with Gasteiger partial charge in [-0.3, -0.25) is 14.6 Å². The number of nitrogens with zero attached hydrogens (tertiary/aromatic N) is 4. The summed E-state index contributed by atoms with van der Waals surface area (Å²) in [5.41, 5.74) is -1.59.